The quantitative estimate of drug-likeness (QED) is 0.651. The third-order valence-electron chi connectivity index (χ3n) is 4.95. The van der Waals surface area contributed by atoms with Crippen LogP contribution >= 0.6 is 11.3 Å². The van der Waals surface area contributed by atoms with Crippen LogP contribution in [0.5, 0.6) is 5.75 Å². The summed E-state index contributed by atoms with van der Waals surface area (Å²) in [4.78, 5) is 13.3. The molecule has 0 saturated carbocycles. The highest BCUT2D eigenvalue weighted by molar-refractivity contribution is 7.12. The molecule has 1 atom stereocenters. The summed E-state index contributed by atoms with van der Waals surface area (Å²) in [5, 5.41) is 9.28. The molecule has 0 spiro atoms. The zero-order chi connectivity index (χ0) is 20.4. The fourth-order valence-corrected chi connectivity index (χ4v) is 4.21. The summed E-state index contributed by atoms with van der Waals surface area (Å²) in [5.74, 6) is 0.846. The molecule has 0 bridgehead atoms. The topological polar surface area (TPSA) is 56.1 Å². The molecule has 0 fully saturated rings. The Hall–Kier alpha value is -2.60. The number of rotatable bonds is 6. The van der Waals surface area contributed by atoms with Gasteiger partial charge in [0.2, 0.25) is 0 Å². The van der Waals surface area contributed by atoms with Gasteiger partial charge in [0.1, 0.15) is 12.4 Å². The summed E-state index contributed by atoms with van der Waals surface area (Å²) in [5.41, 5.74) is 6.57. The zero-order valence-corrected chi connectivity index (χ0v) is 18.1. The molecule has 0 saturated heterocycles. The van der Waals surface area contributed by atoms with Crippen molar-refractivity contribution in [1.82, 2.24) is 15.1 Å². The van der Waals surface area contributed by atoms with Gasteiger partial charge in [-0.1, -0.05) is 17.7 Å². The normalized spacial score (nSPS) is 12.1. The van der Waals surface area contributed by atoms with Gasteiger partial charge in [0.25, 0.3) is 5.91 Å². The molecular weight excluding hydrogens is 370 g/mol. The van der Waals surface area contributed by atoms with Crippen molar-refractivity contribution in [2.75, 3.05) is 0 Å². The lowest BCUT2D eigenvalue weighted by atomic mass is 10.1. The molecule has 5 nitrogen and oxygen atoms in total. The summed E-state index contributed by atoms with van der Waals surface area (Å²) in [6.07, 6.45) is 1.81. The Morgan fingerprint density at radius 3 is 2.50 bits per heavy atom. The molecule has 3 rings (SSSR count). The van der Waals surface area contributed by atoms with Crippen LogP contribution in [0.3, 0.4) is 0 Å². The van der Waals surface area contributed by atoms with Gasteiger partial charge < -0.3 is 10.1 Å². The number of aromatic nitrogens is 2. The van der Waals surface area contributed by atoms with Gasteiger partial charge in [-0.15, -0.1) is 11.3 Å². The summed E-state index contributed by atoms with van der Waals surface area (Å²) in [6.45, 7) is 10.6. The molecule has 1 N–H and O–H groups in total. The zero-order valence-electron chi connectivity index (χ0n) is 17.3. The van der Waals surface area contributed by atoms with Gasteiger partial charge in [-0.3, -0.25) is 9.48 Å². The molecule has 0 aliphatic rings. The number of carbonyl (C=O) groups excluding carboxylic acids is 1. The van der Waals surface area contributed by atoms with Crippen LogP contribution in [0.1, 0.15) is 56.1 Å². The van der Waals surface area contributed by atoms with E-state index in [1.165, 1.54) is 16.9 Å². The van der Waals surface area contributed by atoms with Gasteiger partial charge in [0, 0.05) is 23.9 Å². The summed E-state index contributed by atoms with van der Waals surface area (Å²) >= 11 is 1.44. The van der Waals surface area contributed by atoms with E-state index in [0.29, 0.717) is 11.5 Å². The Morgan fingerprint density at radius 1 is 1.21 bits per heavy atom. The predicted molar refractivity (Wildman–Crippen MR) is 113 cm³/mol. The smallest absolute Gasteiger partial charge is 0.261 e. The number of nitrogens with zero attached hydrogens (tertiary/aromatic N) is 2. The Balaban J connectivity index is 1.64. The third-order valence-corrected chi connectivity index (χ3v) is 5.93. The van der Waals surface area contributed by atoms with E-state index < -0.39 is 0 Å². The van der Waals surface area contributed by atoms with Crippen LogP contribution in [0.2, 0.25) is 0 Å². The fourth-order valence-electron chi connectivity index (χ4n) is 3.41. The largest absolute Gasteiger partial charge is 0.488 e. The van der Waals surface area contributed by atoms with Gasteiger partial charge in [-0.2, -0.15) is 5.10 Å². The SMILES string of the molecule is Cc1cc(C)c(OCc2csc(C(=O)NC(C)c3cnn(C)c3C)c2)c(C)c1. The van der Waals surface area contributed by atoms with Crippen molar-refractivity contribution >= 4 is 17.2 Å². The third kappa shape index (κ3) is 4.28. The van der Waals surface area contributed by atoms with Crippen LogP contribution in [-0.2, 0) is 13.7 Å². The fraction of sp³-hybridized carbons (Fsp3) is 0.364. The molecule has 1 aromatic carbocycles. The molecule has 2 heterocycles. The highest BCUT2D eigenvalue weighted by atomic mass is 32.1. The van der Waals surface area contributed by atoms with Gasteiger partial charge >= 0.3 is 0 Å². The maximum atomic E-state index is 12.6. The number of hydrogen-bond donors (Lipinski definition) is 1. The van der Waals surface area contributed by atoms with E-state index in [-0.39, 0.29) is 11.9 Å². The van der Waals surface area contributed by atoms with Crippen LogP contribution in [-0.4, -0.2) is 15.7 Å². The number of hydrogen-bond acceptors (Lipinski definition) is 4. The molecule has 0 aliphatic carbocycles. The standard InChI is InChI=1S/C22H27N3O2S/c1-13-7-14(2)21(15(3)8-13)27-11-18-9-20(28-12-18)22(26)24-16(4)19-10-23-25(6)17(19)5/h7-10,12,16H,11H2,1-6H3,(H,24,26). The van der Waals surface area contributed by atoms with Crippen LogP contribution in [0.25, 0.3) is 0 Å². The molecule has 0 radical (unpaired) electrons. The van der Waals surface area contributed by atoms with E-state index in [1.807, 2.05) is 37.0 Å². The minimum atomic E-state index is -0.0964. The van der Waals surface area contributed by atoms with Crippen LogP contribution in [0.4, 0.5) is 0 Å². The van der Waals surface area contributed by atoms with E-state index in [4.69, 9.17) is 4.74 Å². The van der Waals surface area contributed by atoms with Crippen LogP contribution in [0, 0.1) is 27.7 Å². The van der Waals surface area contributed by atoms with Crippen molar-refractivity contribution in [2.45, 2.75) is 47.3 Å². The first kappa shape index (κ1) is 20.1. The minimum absolute atomic E-state index is 0.0744. The molecule has 1 amide bonds. The van der Waals surface area contributed by atoms with Crippen molar-refractivity contribution in [2.24, 2.45) is 7.05 Å². The highest BCUT2D eigenvalue weighted by Gasteiger charge is 2.17. The van der Waals surface area contributed by atoms with E-state index >= 15 is 0 Å². The number of benzene rings is 1. The molecular formula is C22H27N3O2S. The Kier molecular flexibility index (Phi) is 5.89. The second-order valence-electron chi connectivity index (χ2n) is 7.34. The summed E-state index contributed by atoms with van der Waals surface area (Å²) in [6, 6.07) is 6.05. The first-order chi connectivity index (χ1) is 13.3. The number of nitrogens with one attached hydrogen (secondary N) is 1. The lowest BCUT2D eigenvalue weighted by molar-refractivity contribution is 0.0944. The van der Waals surface area contributed by atoms with Gasteiger partial charge in [0.05, 0.1) is 17.1 Å². The van der Waals surface area contributed by atoms with Gasteiger partial charge in [-0.05, 0) is 57.2 Å². The van der Waals surface area contributed by atoms with Crippen molar-refractivity contribution in [3.05, 3.63) is 68.2 Å². The number of ether oxygens (including phenoxy) is 1. The second kappa shape index (κ2) is 8.19. The van der Waals surface area contributed by atoms with Crippen LogP contribution < -0.4 is 10.1 Å². The first-order valence-corrected chi connectivity index (χ1v) is 10.2. The maximum absolute atomic E-state index is 12.6. The van der Waals surface area contributed by atoms with E-state index in [2.05, 4.69) is 43.3 Å². The van der Waals surface area contributed by atoms with Crippen LogP contribution in [0.15, 0.2) is 29.8 Å². The molecule has 28 heavy (non-hydrogen) atoms. The second-order valence-corrected chi connectivity index (χ2v) is 8.25. The molecule has 6 heteroatoms. The maximum Gasteiger partial charge on any atom is 0.261 e. The van der Waals surface area contributed by atoms with Crippen molar-refractivity contribution < 1.29 is 9.53 Å². The summed E-state index contributed by atoms with van der Waals surface area (Å²) in [7, 11) is 1.90. The highest BCUT2D eigenvalue weighted by Crippen LogP contribution is 2.26. The Bertz CT molecular complexity index is 980. The van der Waals surface area contributed by atoms with E-state index in [1.54, 1.807) is 6.20 Å². The molecule has 0 aliphatic heterocycles. The summed E-state index contributed by atoms with van der Waals surface area (Å²) < 4.78 is 7.85. The first-order valence-electron chi connectivity index (χ1n) is 9.33. The number of aryl methyl sites for hydroxylation is 4. The molecule has 1 unspecified atom stereocenters. The van der Waals surface area contributed by atoms with E-state index in [0.717, 1.165) is 33.7 Å². The van der Waals surface area contributed by atoms with Crippen molar-refractivity contribution in [3.8, 4) is 5.75 Å². The van der Waals surface area contributed by atoms with Crippen molar-refractivity contribution in [1.29, 1.82) is 0 Å². The predicted octanol–water partition coefficient (Wildman–Crippen LogP) is 4.79. The minimum Gasteiger partial charge on any atom is -0.488 e. The molecule has 2 aromatic heterocycles. The van der Waals surface area contributed by atoms with E-state index in [9.17, 15) is 4.79 Å². The number of amides is 1. The van der Waals surface area contributed by atoms with Gasteiger partial charge in [-0.25, -0.2) is 0 Å². The Labute approximate surface area is 170 Å². The molecule has 3 aromatic rings. The average molecular weight is 398 g/mol. The monoisotopic (exact) mass is 397 g/mol. The number of thiophene rings is 1. The van der Waals surface area contributed by atoms with Gasteiger partial charge in [0.15, 0.2) is 0 Å². The molecule has 148 valence electrons. The lowest BCUT2D eigenvalue weighted by Gasteiger charge is -2.13. The Morgan fingerprint density at radius 2 is 1.89 bits per heavy atom. The average Bonchev–Trinajstić information content (AvgIpc) is 3.21. The van der Waals surface area contributed by atoms with Crippen molar-refractivity contribution in [3.63, 3.8) is 0 Å². The number of carbonyl (C=O) groups is 1. The lowest BCUT2D eigenvalue weighted by Crippen LogP contribution is -2.26.